The molecule has 0 saturated heterocycles. The van der Waals surface area contributed by atoms with Gasteiger partial charge in [0.2, 0.25) is 5.88 Å². The molecular formula is C5H5ClN2O3S. The van der Waals surface area contributed by atoms with E-state index >= 15 is 0 Å². The van der Waals surface area contributed by atoms with Gasteiger partial charge in [-0.25, -0.2) is 18.4 Å². The van der Waals surface area contributed by atoms with Crippen LogP contribution in [0.2, 0.25) is 0 Å². The average molecular weight is 209 g/mol. The van der Waals surface area contributed by atoms with Gasteiger partial charge in [0.1, 0.15) is 0 Å². The van der Waals surface area contributed by atoms with E-state index in [0.717, 1.165) is 6.20 Å². The first-order valence-electron chi connectivity index (χ1n) is 2.85. The lowest BCUT2D eigenvalue weighted by Gasteiger charge is -1.97. The molecule has 0 amide bonds. The first-order chi connectivity index (χ1) is 5.54. The highest BCUT2D eigenvalue weighted by molar-refractivity contribution is 8.13. The zero-order chi connectivity index (χ0) is 9.19. The quantitative estimate of drug-likeness (QED) is 0.659. The van der Waals surface area contributed by atoms with Crippen molar-refractivity contribution in [3.63, 3.8) is 0 Å². The number of nitrogens with zero attached hydrogens (tertiary/aromatic N) is 2. The molecule has 7 heteroatoms. The number of ether oxygens (including phenoxy) is 1. The minimum Gasteiger partial charge on any atom is -0.480 e. The molecule has 0 aromatic carbocycles. The summed E-state index contributed by atoms with van der Waals surface area (Å²) in [6.07, 6.45) is 2.20. The van der Waals surface area contributed by atoms with E-state index in [1.165, 1.54) is 13.3 Å². The topological polar surface area (TPSA) is 69.2 Å². The van der Waals surface area contributed by atoms with E-state index in [-0.39, 0.29) is 10.9 Å². The van der Waals surface area contributed by atoms with Gasteiger partial charge in [0.05, 0.1) is 19.5 Å². The summed E-state index contributed by atoms with van der Waals surface area (Å²) < 4.78 is 26.0. The number of methoxy groups -OCH3 is 1. The first kappa shape index (κ1) is 9.21. The monoisotopic (exact) mass is 208 g/mol. The van der Waals surface area contributed by atoms with E-state index in [0.29, 0.717) is 0 Å². The molecule has 0 bridgehead atoms. The summed E-state index contributed by atoms with van der Waals surface area (Å²) in [6.45, 7) is 0. The summed E-state index contributed by atoms with van der Waals surface area (Å²) in [7, 11) is 2.60. The standard InChI is InChI=1S/C5H5ClN2O3S/c1-11-4-2-8-5(3-7-4)12(6,9)10/h2-3H,1H3. The van der Waals surface area contributed by atoms with Crippen LogP contribution in [0.1, 0.15) is 0 Å². The van der Waals surface area contributed by atoms with Crippen LogP contribution in [0, 0.1) is 0 Å². The molecule has 1 aromatic rings. The molecule has 12 heavy (non-hydrogen) atoms. The first-order valence-corrected chi connectivity index (χ1v) is 5.15. The van der Waals surface area contributed by atoms with Gasteiger partial charge in [-0.05, 0) is 0 Å². The van der Waals surface area contributed by atoms with Crippen molar-refractivity contribution >= 4 is 19.7 Å². The van der Waals surface area contributed by atoms with Crippen LogP contribution in [-0.2, 0) is 9.05 Å². The summed E-state index contributed by atoms with van der Waals surface area (Å²) in [5, 5.41) is -0.287. The molecule has 0 saturated carbocycles. The third-order valence-electron chi connectivity index (χ3n) is 1.06. The fraction of sp³-hybridized carbons (Fsp3) is 0.200. The van der Waals surface area contributed by atoms with Crippen molar-refractivity contribution in [1.29, 1.82) is 0 Å². The average Bonchev–Trinajstić information content (AvgIpc) is 2.03. The zero-order valence-electron chi connectivity index (χ0n) is 6.06. The number of hydrogen-bond donors (Lipinski definition) is 0. The molecule has 0 unspecified atom stereocenters. The molecule has 0 aliphatic heterocycles. The largest absolute Gasteiger partial charge is 0.480 e. The van der Waals surface area contributed by atoms with Crippen molar-refractivity contribution in [2.75, 3.05) is 7.11 Å². The Labute approximate surface area is 73.8 Å². The second kappa shape index (κ2) is 3.24. The van der Waals surface area contributed by atoms with E-state index in [1.807, 2.05) is 0 Å². The predicted octanol–water partition coefficient (Wildman–Crippen LogP) is 0.413. The number of hydrogen-bond acceptors (Lipinski definition) is 5. The third-order valence-corrected chi connectivity index (χ3v) is 2.25. The molecule has 0 N–H and O–H groups in total. The predicted molar refractivity (Wildman–Crippen MR) is 41.6 cm³/mol. The van der Waals surface area contributed by atoms with Crippen molar-refractivity contribution in [3.8, 4) is 5.88 Å². The normalized spacial score (nSPS) is 11.2. The van der Waals surface area contributed by atoms with E-state index < -0.39 is 9.05 Å². The minimum absolute atomic E-state index is 0.235. The van der Waals surface area contributed by atoms with Crippen molar-refractivity contribution < 1.29 is 13.2 Å². The van der Waals surface area contributed by atoms with Crippen LogP contribution >= 0.6 is 10.7 Å². The highest BCUT2D eigenvalue weighted by atomic mass is 35.7. The Morgan fingerprint density at radius 2 is 2.08 bits per heavy atom. The lowest BCUT2D eigenvalue weighted by molar-refractivity contribution is 0.394. The van der Waals surface area contributed by atoms with Crippen LogP contribution in [-0.4, -0.2) is 25.5 Å². The molecule has 0 spiro atoms. The maximum atomic E-state index is 10.7. The second-order valence-corrected chi connectivity index (χ2v) is 4.35. The van der Waals surface area contributed by atoms with E-state index in [2.05, 4.69) is 14.7 Å². The van der Waals surface area contributed by atoms with Crippen LogP contribution < -0.4 is 4.74 Å². The zero-order valence-corrected chi connectivity index (χ0v) is 7.63. The van der Waals surface area contributed by atoms with Gasteiger partial charge in [-0.3, -0.25) is 0 Å². The fourth-order valence-corrected chi connectivity index (χ4v) is 1.13. The van der Waals surface area contributed by atoms with Crippen LogP contribution in [0.25, 0.3) is 0 Å². The van der Waals surface area contributed by atoms with Gasteiger partial charge >= 0.3 is 0 Å². The van der Waals surface area contributed by atoms with Crippen molar-refractivity contribution in [3.05, 3.63) is 12.4 Å². The Balaban J connectivity index is 3.09. The van der Waals surface area contributed by atoms with Gasteiger partial charge < -0.3 is 4.74 Å². The molecule has 0 atom stereocenters. The van der Waals surface area contributed by atoms with Crippen LogP contribution in [0.15, 0.2) is 17.4 Å². The summed E-state index contributed by atoms with van der Waals surface area (Å²) >= 11 is 0. The number of aromatic nitrogens is 2. The van der Waals surface area contributed by atoms with Gasteiger partial charge in [0.25, 0.3) is 9.05 Å². The molecule has 66 valence electrons. The Bertz CT molecular complexity index is 361. The lowest BCUT2D eigenvalue weighted by atomic mass is 10.7. The number of halogens is 1. The van der Waals surface area contributed by atoms with E-state index in [4.69, 9.17) is 10.7 Å². The lowest BCUT2D eigenvalue weighted by Crippen LogP contribution is -1.97. The van der Waals surface area contributed by atoms with E-state index in [1.54, 1.807) is 0 Å². The molecule has 0 radical (unpaired) electrons. The van der Waals surface area contributed by atoms with Crippen LogP contribution in [0.3, 0.4) is 0 Å². The maximum Gasteiger partial charge on any atom is 0.280 e. The Kier molecular flexibility index (Phi) is 2.49. The highest BCUT2D eigenvalue weighted by Gasteiger charge is 2.11. The maximum absolute atomic E-state index is 10.7. The smallest absolute Gasteiger partial charge is 0.280 e. The highest BCUT2D eigenvalue weighted by Crippen LogP contribution is 2.11. The van der Waals surface area contributed by atoms with Gasteiger partial charge in [-0.15, -0.1) is 0 Å². The Morgan fingerprint density at radius 3 is 2.42 bits per heavy atom. The van der Waals surface area contributed by atoms with E-state index in [9.17, 15) is 8.42 Å². The molecule has 0 fully saturated rings. The molecular weight excluding hydrogens is 204 g/mol. The second-order valence-electron chi connectivity index (χ2n) is 1.83. The fourth-order valence-electron chi connectivity index (χ4n) is 0.536. The minimum atomic E-state index is -3.78. The third kappa shape index (κ3) is 2.05. The van der Waals surface area contributed by atoms with Crippen LogP contribution in [0.4, 0.5) is 0 Å². The molecule has 0 aliphatic rings. The SMILES string of the molecule is COc1cnc(S(=O)(=O)Cl)cn1. The van der Waals surface area contributed by atoms with Crippen molar-refractivity contribution in [2.24, 2.45) is 0 Å². The molecule has 0 aliphatic carbocycles. The van der Waals surface area contributed by atoms with Crippen LogP contribution in [0.5, 0.6) is 5.88 Å². The van der Waals surface area contributed by atoms with Crippen molar-refractivity contribution in [2.45, 2.75) is 5.03 Å². The molecule has 5 nitrogen and oxygen atoms in total. The van der Waals surface area contributed by atoms with Gasteiger partial charge in [-0.1, -0.05) is 0 Å². The Hall–Kier alpha value is -0.880. The number of rotatable bonds is 2. The molecule has 1 aromatic heterocycles. The van der Waals surface area contributed by atoms with Crippen molar-refractivity contribution in [1.82, 2.24) is 9.97 Å². The van der Waals surface area contributed by atoms with Gasteiger partial charge in [-0.2, -0.15) is 0 Å². The summed E-state index contributed by atoms with van der Waals surface area (Å²) in [4.78, 5) is 7.13. The summed E-state index contributed by atoms with van der Waals surface area (Å²) in [5.41, 5.74) is 0. The Morgan fingerprint density at radius 1 is 1.42 bits per heavy atom. The van der Waals surface area contributed by atoms with Gasteiger partial charge in [0.15, 0.2) is 5.03 Å². The summed E-state index contributed by atoms with van der Waals surface area (Å²) in [6, 6.07) is 0. The molecule has 1 rings (SSSR count). The molecule has 1 heterocycles. The van der Waals surface area contributed by atoms with Gasteiger partial charge in [0, 0.05) is 10.7 Å². The summed E-state index contributed by atoms with van der Waals surface area (Å²) in [5.74, 6) is 0.235.